The van der Waals surface area contributed by atoms with Gasteiger partial charge in [-0.15, -0.1) is 0 Å². The number of rotatable bonds is 5. The number of hydrogen-bond donors (Lipinski definition) is 0. The van der Waals surface area contributed by atoms with Gasteiger partial charge in [-0.1, -0.05) is 36.7 Å². The Balaban J connectivity index is 1.97. The van der Waals surface area contributed by atoms with Gasteiger partial charge < -0.3 is 9.47 Å². The first kappa shape index (κ1) is 18.7. The molecule has 7 heteroatoms. The largest absolute Gasteiger partial charge is 0.377 e. The Morgan fingerprint density at radius 1 is 1.46 bits per heavy atom. The van der Waals surface area contributed by atoms with E-state index in [-0.39, 0.29) is 26.8 Å². The third-order valence-electron chi connectivity index (χ3n) is 6.36. The van der Waals surface area contributed by atoms with E-state index < -0.39 is 11.6 Å². The lowest BCUT2D eigenvalue weighted by molar-refractivity contribution is -0.162. The van der Waals surface area contributed by atoms with E-state index in [0.717, 1.165) is 37.4 Å². The first-order valence-electron chi connectivity index (χ1n) is 8.64. The highest BCUT2D eigenvalue weighted by molar-refractivity contribution is 9.11. The van der Waals surface area contributed by atoms with E-state index in [1.165, 1.54) is 4.90 Å². The molecular formula is C17H26BrNO4S. The standard InChI is InChI=1S/C17H26BrNO4S/c1-5-8-23-11-9-10-6-7-17(11,16(10,2)3)14(20)19-13(22-4)12(18)24-15(19)21/h10-13H,5-9H2,1-4H3/t10-,11-,12-,13+,17+/m1/s1. The van der Waals surface area contributed by atoms with Gasteiger partial charge in [0.25, 0.3) is 5.24 Å². The van der Waals surface area contributed by atoms with Crippen molar-refractivity contribution in [2.45, 2.75) is 62.9 Å². The van der Waals surface area contributed by atoms with Crippen molar-refractivity contribution in [3.8, 4) is 0 Å². The van der Waals surface area contributed by atoms with Crippen LogP contribution in [0, 0.1) is 16.7 Å². The average molecular weight is 420 g/mol. The highest BCUT2D eigenvalue weighted by atomic mass is 79.9. The van der Waals surface area contributed by atoms with Gasteiger partial charge in [0.15, 0.2) is 6.23 Å². The molecule has 2 bridgehead atoms. The van der Waals surface area contributed by atoms with Gasteiger partial charge in [-0.25, -0.2) is 4.90 Å². The number of carbonyl (C=O) groups is 2. The predicted molar refractivity (Wildman–Crippen MR) is 96.9 cm³/mol. The van der Waals surface area contributed by atoms with Crippen molar-refractivity contribution in [1.29, 1.82) is 0 Å². The zero-order chi connectivity index (χ0) is 17.7. The normalized spacial score (nSPS) is 40.5. The van der Waals surface area contributed by atoms with E-state index in [1.807, 2.05) is 0 Å². The molecule has 0 unspecified atom stereocenters. The number of carbonyl (C=O) groups excluding carboxylic acids is 2. The number of nitrogens with zero attached hydrogens (tertiary/aromatic N) is 1. The molecule has 0 spiro atoms. The molecule has 3 fully saturated rings. The third kappa shape index (κ3) is 2.42. The van der Waals surface area contributed by atoms with Crippen LogP contribution in [-0.2, 0) is 14.3 Å². The zero-order valence-corrected chi connectivity index (χ0v) is 17.1. The van der Waals surface area contributed by atoms with Crippen molar-refractivity contribution in [1.82, 2.24) is 4.90 Å². The molecular weight excluding hydrogens is 394 g/mol. The molecule has 2 aliphatic carbocycles. The van der Waals surface area contributed by atoms with Crippen molar-refractivity contribution >= 4 is 38.8 Å². The second-order valence-corrected chi connectivity index (χ2v) is 10.2. The van der Waals surface area contributed by atoms with Gasteiger partial charge >= 0.3 is 0 Å². The van der Waals surface area contributed by atoms with Crippen LogP contribution in [0.4, 0.5) is 4.79 Å². The van der Waals surface area contributed by atoms with Gasteiger partial charge in [0.1, 0.15) is 4.16 Å². The van der Waals surface area contributed by atoms with Gasteiger partial charge in [0, 0.05) is 13.7 Å². The van der Waals surface area contributed by atoms with E-state index in [0.29, 0.717) is 12.5 Å². The fraction of sp³-hybridized carbons (Fsp3) is 0.882. The van der Waals surface area contributed by atoms with Crippen molar-refractivity contribution in [3.05, 3.63) is 0 Å². The predicted octanol–water partition coefficient (Wildman–Crippen LogP) is 4.00. The number of hydrogen-bond acceptors (Lipinski definition) is 5. The maximum Gasteiger partial charge on any atom is 0.291 e. The van der Waals surface area contributed by atoms with Crippen molar-refractivity contribution in [3.63, 3.8) is 0 Å². The Bertz CT molecular complexity index is 543. The number of ether oxygens (including phenoxy) is 2. The molecule has 0 aromatic carbocycles. The van der Waals surface area contributed by atoms with Crippen LogP contribution in [0.5, 0.6) is 0 Å². The molecule has 24 heavy (non-hydrogen) atoms. The molecule has 1 heterocycles. The Morgan fingerprint density at radius 3 is 2.75 bits per heavy atom. The smallest absolute Gasteiger partial charge is 0.291 e. The van der Waals surface area contributed by atoms with E-state index >= 15 is 0 Å². The van der Waals surface area contributed by atoms with Crippen molar-refractivity contribution in [2.75, 3.05) is 13.7 Å². The van der Waals surface area contributed by atoms with Gasteiger partial charge in [-0.2, -0.15) is 0 Å². The number of amides is 2. The number of methoxy groups -OCH3 is 1. The van der Waals surface area contributed by atoms with Crippen LogP contribution in [-0.4, -0.2) is 46.3 Å². The maximum absolute atomic E-state index is 13.7. The summed E-state index contributed by atoms with van der Waals surface area (Å²) in [5, 5.41) is -0.233. The monoisotopic (exact) mass is 419 g/mol. The van der Waals surface area contributed by atoms with Gasteiger partial charge in [-0.05, 0) is 48.8 Å². The molecule has 0 radical (unpaired) electrons. The number of fused-ring (bicyclic) bond motifs is 2. The SMILES string of the molecule is CCCO[C@@H]1C[C@H]2CC[C@]1(C(=O)N1C(=O)S[C@@H](Br)[C@@H]1OC)C2(C)C. The molecule has 2 amide bonds. The molecule has 2 saturated carbocycles. The molecule has 5 nitrogen and oxygen atoms in total. The lowest BCUT2D eigenvalue weighted by Crippen LogP contribution is -2.56. The first-order valence-corrected chi connectivity index (χ1v) is 10.4. The quantitative estimate of drug-likeness (QED) is 0.630. The molecule has 3 aliphatic rings. The van der Waals surface area contributed by atoms with E-state index in [2.05, 4.69) is 36.7 Å². The van der Waals surface area contributed by atoms with Crippen LogP contribution in [0.15, 0.2) is 0 Å². The Hall–Kier alpha value is -0.110. The second kappa shape index (κ2) is 6.56. The highest BCUT2D eigenvalue weighted by Gasteiger charge is 2.70. The van der Waals surface area contributed by atoms with E-state index in [1.54, 1.807) is 7.11 Å². The summed E-state index contributed by atoms with van der Waals surface area (Å²) in [4.78, 5) is 27.5. The third-order valence-corrected chi connectivity index (χ3v) is 8.23. The van der Waals surface area contributed by atoms with Crippen LogP contribution in [0.25, 0.3) is 0 Å². The van der Waals surface area contributed by atoms with Crippen molar-refractivity contribution < 1.29 is 19.1 Å². The van der Waals surface area contributed by atoms with Gasteiger partial charge in [0.2, 0.25) is 5.91 Å². The average Bonchev–Trinajstić information content (AvgIpc) is 3.06. The molecule has 0 N–H and O–H groups in total. The molecule has 0 aromatic heterocycles. The van der Waals surface area contributed by atoms with Crippen LogP contribution in [0.1, 0.15) is 46.5 Å². The van der Waals surface area contributed by atoms with E-state index in [9.17, 15) is 9.59 Å². The summed E-state index contributed by atoms with van der Waals surface area (Å²) >= 11 is 4.56. The van der Waals surface area contributed by atoms with Crippen LogP contribution >= 0.6 is 27.7 Å². The summed E-state index contributed by atoms with van der Waals surface area (Å²) in [5.74, 6) is 0.356. The summed E-state index contributed by atoms with van der Waals surface area (Å²) in [5.41, 5.74) is -0.799. The number of thioether (sulfide) groups is 1. The molecule has 136 valence electrons. The summed E-state index contributed by atoms with van der Waals surface area (Å²) in [6.45, 7) is 7.06. The van der Waals surface area contributed by atoms with E-state index in [4.69, 9.17) is 9.47 Å². The van der Waals surface area contributed by atoms with Gasteiger partial charge in [-0.3, -0.25) is 9.59 Å². The van der Waals surface area contributed by atoms with Crippen LogP contribution < -0.4 is 0 Å². The van der Waals surface area contributed by atoms with Gasteiger partial charge in [0.05, 0.1) is 11.5 Å². The lowest BCUT2D eigenvalue weighted by Gasteiger charge is -2.43. The minimum absolute atomic E-state index is 0.108. The van der Waals surface area contributed by atoms with Crippen molar-refractivity contribution in [2.24, 2.45) is 16.7 Å². The molecule has 5 atom stereocenters. The summed E-state index contributed by atoms with van der Waals surface area (Å²) in [7, 11) is 1.54. The van der Waals surface area contributed by atoms with Crippen LogP contribution in [0.2, 0.25) is 0 Å². The Labute approximate surface area is 156 Å². The maximum atomic E-state index is 13.7. The molecule has 1 aliphatic heterocycles. The lowest BCUT2D eigenvalue weighted by atomic mass is 9.67. The Morgan fingerprint density at radius 2 is 2.17 bits per heavy atom. The summed E-state index contributed by atoms with van der Waals surface area (Å²) in [6.07, 6.45) is 2.97. The summed E-state index contributed by atoms with van der Waals surface area (Å²) < 4.78 is 11.3. The summed E-state index contributed by atoms with van der Waals surface area (Å²) in [6, 6.07) is 0. The minimum Gasteiger partial charge on any atom is -0.377 e. The topological polar surface area (TPSA) is 55.8 Å². The number of alkyl halides is 1. The number of halogens is 1. The molecule has 0 aromatic rings. The molecule has 3 rings (SSSR count). The molecule has 1 saturated heterocycles. The number of imide groups is 1. The second-order valence-electron chi connectivity index (χ2n) is 7.56. The fourth-order valence-electron chi connectivity index (χ4n) is 4.95. The highest BCUT2D eigenvalue weighted by Crippen LogP contribution is 2.67. The minimum atomic E-state index is -0.628. The first-order chi connectivity index (χ1) is 11.3. The van der Waals surface area contributed by atoms with Crippen LogP contribution in [0.3, 0.4) is 0 Å². The zero-order valence-electron chi connectivity index (χ0n) is 14.7. The fourth-order valence-corrected chi connectivity index (χ4v) is 6.72. The Kier molecular flexibility index (Phi) is 5.10.